The molecule has 1 aromatic carbocycles. The maximum atomic E-state index is 11.9. The van der Waals surface area contributed by atoms with E-state index < -0.39 is 15.6 Å². The van der Waals surface area contributed by atoms with Crippen LogP contribution < -0.4 is 10.5 Å². The second-order valence-corrected chi connectivity index (χ2v) is 6.84. The van der Waals surface area contributed by atoms with Crippen LogP contribution in [-0.2, 0) is 19.6 Å². The summed E-state index contributed by atoms with van der Waals surface area (Å²) in [6.45, 7) is 3.52. The van der Waals surface area contributed by atoms with Gasteiger partial charge in [-0.1, -0.05) is 11.6 Å². The molecule has 0 aliphatic carbocycles. The van der Waals surface area contributed by atoms with Gasteiger partial charge in [-0.15, -0.1) is 0 Å². The molecule has 0 spiro atoms. The summed E-state index contributed by atoms with van der Waals surface area (Å²) in [5.41, 5.74) is -0.441. The number of nitrogens with two attached hydrogens (primary N) is 1. The van der Waals surface area contributed by atoms with Crippen LogP contribution in [0.5, 0.6) is 0 Å². The second-order valence-electron chi connectivity index (χ2n) is 4.88. The van der Waals surface area contributed by atoms with Gasteiger partial charge in [-0.3, -0.25) is 4.79 Å². The van der Waals surface area contributed by atoms with Crippen molar-refractivity contribution < 1.29 is 17.9 Å². The Labute approximate surface area is 123 Å². The van der Waals surface area contributed by atoms with Gasteiger partial charge in [0.05, 0.1) is 27.6 Å². The van der Waals surface area contributed by atoms with Crippen LogP contribution in [0, 0.1) is 0 Å². The highest BCUT2D eigenvalue weighted by molar-refractivity contribution is 7.89. The lowest BCUT2D eigenvalue weighted by molar-refractivity contribution is -0.121. The Morgan fingerprint density at radius 2 is 2.05 bits per heavy atom. The molecule has 8 heteroatoms. The van der Waals surface area contributed by atoms with Crippen molar-refractivity contribution in [2.24, 2.45) is 5.14 Å². The number of halogens is 1. The number of anilines is 1. The zero-order valence-corrected chi connectivity index (χ0v) is 13.0. The molecule has 0 saturated heterocycles. The number of carbonyl (C=O) groups excluding carboxylic acids is 1. The van der Waals surface area contributed by atoms with E-state index in [-0.39, 0.29) is 27.9 Å². The van der Waals surface area contributed by atoms with Crippen molar-refractivity contribution in [3.8, 4) is 0 Å². The quantitative estimate of drug-likeness (QED) is 0.863. The van der Waals surface area contributed by atoms with E-state index in [1.807, 2.05) is 0 Å². The Hall–Kier alpha value is -1.15. The molecular formula is C12H17ClN2O4S. The molecular weight excluding hydrogens is 304 g/mol. The summed E-state index contributed by atoms with van der Waals surface area (Å²) >= 11 is 5.91. The normalized spacial score (nSPS) is 12.2. The van der Waals surface area contributed by atoms with Gasteiger partial charge in [-0.05, 0) is 32.0 Å². The molecule has 0 fully saturated rings. The molecule has 20 heavy (non-hydrogen) atoms. The summed E-state index contributed by atoms with van der Waals surface area (Å²) < 4.78 is 27.7. The number of carbonyl (C=O) groups is 1. The van der Waals surface area contributed by atoms with E-state index in [1.54, 1.807) is 13.8 Å². The third-order valence-electron chi connectivity index (χ3n) is 2.68. The summed E-state index contributed by atoms with van der Waals surface area (Å²) in [7, 11) is -2.35. The first-order chi connectivity index (χ1) is 9.05. The highest BCUT2D eigenvalue weighted by Crippen LogP contribution is 2.25. The van der Waals surface area contributed by atoms with Crippen molar-refractivity contribution >= 4 is 33.2 Å². The molecule has 0 saturated carbocycles. The molecule has 0 aliphatic rings. The molecule has 0 radical (unpaired) electrons. The Morgan fingerprint density at radius 3 is 2.55 bits per heavy atom. The standard InChI is InChI=1S/C12H17ClN2O4S/c1-12(2,19-3)7-11(16)15-10-6-8(20(14,17)18)4-5-9(10)13/h4-6H,7H2,1-3H3,(H,15,16)(H2,14,17,18). The van der Waals surface area contributed by atoms with Gasteiger partial charge >= 0.3 is 0 Å². The highest BCUT2D eigenvalue weighted by atomic mass is 35.5. The van der Waals surface area contributed by atoms with Crippen LogP contribution in [-0.4, -0.2) is 27.0 Å². The summed E-state index contributed by atoms with van der Waals surface area (Å²) in [6.07, 6.45) is 0.0967. The van der Waals surface area contributed by atoms with Gasteiger partial charge < -0.3 is 10.1 Å². The van der Waals surface area contributed by atoms with Crippen LogP contribution in [0.25, 0.3) is 0 Å². The van der Waals surface area contributed by atoms with Gasteiger partial charge in [0.25, 0.3) is 0 Å². The fraction of sp³-hybridized carbons (Fsp3) is 0.417. The first-order valence-electron chi connectivity index (χ1n) is 5.72. The number of hydrogen-bond donors (Lipinski definition) is 2. The van der Waals surface area contributed by atoms with Crippen molar-refractivity contribution in [1.82, 2.24) is 0 Å². The molecule has 1 rings (SSSR count). The number of benzene rings is 1. The number of primary sulfonamides is 1. The van der Waals surface area contributed by atoms with Gasteiger partial charge in [0.15, 0.2) is 0 Å². The van der Waals surface area contributed by atoms with E-state index in [0.717, 1.165) is 0 Å². The minimum absolute atomic E-state index is 0.0967. The SMILES string of the molecule is COC(C)(C)CC(=O)Nc1cc(S(N)(=O)=O)ccc1Cl. The van der Waals surface area contributed by atoms with Gasteiger partial charge in [0, 0.05) is 7.11 Å². The van der Waals surface area contributed by atoms with E-state index in [1.165, 1.54) is 25.3 Å². The number of amides is 1. The number of methoxy groups -OCH3 is 1. The molecule has 1 amide bonds. The first kappa shape index (κ1) is 16.9. The van der Waals surface area contributed by atoms with E-state index in [0.29, 0.717) is 0 Å². The third kappa shape index (κ3) is 4.75. The van der Waals surface area contributed by atoms with Crippen molar-refractivity contribution in [3.63, 3.8) is 0 Å². The van der Waals surface area contributed by atoms with Crippen molar-refractivity contribution in [2.75, 3.05) is 12.4 Å². The van der Waals surface area contributed by atoms with Gasteiger partial charge in [-0.25, -0.2) is 13.6 Å². The van der Waals surface area contributed by atoms with Crippen LogP contribution >= 0.6 is 11.6 Å². The maximum Gasteiger partial charge on any atom is 0.238 e. The van der Waals surface area contributed by atoms with Crippen molar-refractivity contribution in [2.45, 2.75) is 30.8 Å². The minimum Gasteiger partial charge on any atom is -0.378 e. The van der Waals surface area contributed by atoms with Crippen LogP contribution in [0.4, 0.5) is 5.69 Å². The van der Waals surface area contributed by atoms with E-state index >= 15 is 0 Å². The molecule has 0 atom stereocenters. The number of ether oxygens (including phenoxy) is 1. The Kier molecular flexibility index (Phi) is 5.15. The number of nitrogens with one attached hydrogen (secondary N) is 1. The lowest BCUT2D eigenvalue weighted by Crippen LogP contribution is -2.29. The summed E-state index contributed by atoms with van der Waals surface area (Å²) in [5, 5.41) is 7.79. The van der Waals surface area contributed by atoms with Gasteiger partial charge in [0.1, 0.15) is 0 Å². The molecule has 0 bridgehead atoms. The molecule has 1 aromatic rings. The topological polar surface area (TPSA) is 98.5 Å². The maximum absolute atomic E-state index is 11.9. The lowest BCUT2D eigenvalue weighted by Gasteiger charge is -2.22. The number of hydrogen-bond acceptors (Lipinski definition) is 4. The van der Waals surface area contributed by atoms with E-state index in [2.05, 4.69) is 5.32 Å². The van der Waals surface area contributed by atoms with Gasteiger partial charge in [0.2, 0.25) is 15.9 Å². The first-order valence-corrected chi connectivity index (χ1v) is 7.65. The zero-order valence-electron chi connectivity index (χ0n) is 11.4. The predicted molar refractivity (Wildman–Crippen MR) is 77.2 cm³/mol. The third-order valence-corrected chi connectivity index (χ3v) is 3.92. The van der Waals surface area contributed by atoms with E-state index in [9.17, 15) is 13.2 Å². The molecule has 0 aromatic heterocycles. The second kappa shape index (κ2) is 6.09. The zero-order chi connectivity index (χ0) is 15.6. The van der Waals surface area contributed by atoms with Crippen LogP contribution in [0.2, 0.25) is 5.02 Å². The van der Waals surface area contributed by atoms with Crippen LogP contribution in [0.15, 0.2) is 23.1 Å². The van der Waals surface area contributed by atoms with Crippen molar-refractivity contribution in [3.05, 3.63) is 23.2 Å². The van der Waals surface area contributed by atoms with Crippen LogP contribution in [0.3, 0.4) is 0 Å². The molecule has 112 valence electrons. The Balaban J connectivity index is 2.95. The average Bonchev–Trinajstić information content (AvgIpc) is 2.30. The van der Waals surface area contributed by atoms with Gasteiger partial charge in [-0.2, -0.15) is 0 Å². The Morgan fingerprint density at radius 1 is 1.45 bits per heavy atom. The fourth-order valence-electron chi connectivity index (χ4n) is 1.43. The number of rotatable bonds is 5. The fourth-order valence-corrected chi connectivity index (χ4v) is 2.14. The summed E-state index contributed by atoms with van der Waals surface area (Å²) in [6, 6.07) is 3.85. The highest BCUT2D eigenvalue weighted by Gasteiger charge is 2.22. The summed E-state index contributed by atoms with van der Waals surface area (Å²) in [5.74, 6) is -0.342. The molecule has 3 N–H and O–H groups in total. The lowest BCUT2D eigenvalue weighted by atomic mass is 10.0. The molecule has 0 unspecified atom stereocenters. The predicted octanol–water partition coefficient (Wildman–Crippen LogP) is 1.74. The minimum atomic E-state index is -3.85. The average molecular weight is 321 g/mol. The molecule has 6 nitrogen and oxygen atoms in total. The Bertz CT molecular complexity index is 614. The molecule has 0 aliphatic heterocycles. The largest absolute Gasteiger partial charge is 0.378 e. The van der Waals surface area contributed by atoms with Crippen LogP contribution in [0.1, 0.15) is 20.3 Å². The van der Waals surface area contributed by atoms with Crippen molar-refractivity contribution in [1.29, 1.82) is 0 Å². The smallest absolute Gasteiger partial charge is 0.238 e. The molecule has 0 heterocycles. The number of sulfonamides is 1. The van der Waals surface area contributed by atoms with E-state index in [4.69, 9.17) is 21.5 Å². The monoisotopic (exact) mass is 320 g/mol. The summed E-state index contributed by atoms with van der Waals surface area (Å²) in [4.78, 5) is 11.7.